The number of hydrogen-bond acceptors (Lipinski definition) is 3. The Morgan fingerprint density at radius 1 is 1.64 bits per heavy atom. The lowest BCUT2D eigenvalue weighted by molar-refractivity contribution is -0.118. The van der Waals surface area contributed by atoms with Gasteiger partial charge in [-0.1, -0.05) is 0 Å². The fourth-order valence-electron chi connectivity index (χ4n) is 0.665. The fraction of sp³-hybridized carbons (Fsp3) is 0.250. The van der Waals surface area contributed by atoms with Crippen LogP contribution in [-0.4, -0.2) is 29.5 Å². The largest absolute Gasteiger partial charge is 0.350 e. The van der Waals surface area contributed by atoms with Gasteiger partial charge in [-0.05, 0) is 0 Å². The molecule has 0 aliphatic carbocycles. The highest BCUT2D eigenvalue weighted by molar-refractivity contribution is 6.02. The summed E-state index contributed by atoms with van der Waals surface area (Å²) in [6.45, 7) is -0.193. The molecule has 1 heterocycles. The zero-order chi connectivity index (χ0) is 8.43. The lowest BCUT2D eigenvalue weighted by atomic mass is 10.6. The fourth-order valence-corrected chi connectivity index (χ4v) is 0.665. The molecular weight excluding hydrogens is 152 g/mol. The van der Waals surface area contributed by atoms with Gasteiger partial charge in [0.05, 0.1) is 0 Å². The zero-order valence-electron chi connectivity index (χ0n) is 5.46. The number of hydrazine groups is 1. The van der Waals surface area contributed by atoms with Crippen molar-refractivity contribution in [3.05, 3.63) is 0 Å². The molecule has 0 spiro atoms. The molecule has 0 radical (unpaired) electrons. The molecule has 4 N–H and O–H groups in total. The number of urea groups is 2. The van der Waals surface area contributed by atoms with Gasteiger partial charge in [-0.15, -0.1) is 0 Å². The number of hydrogen-bond donors (Lipinski definition) is 3. The summed E-state index contributed by atoms with van der Waals surface area (Å²) in [5.74, 6) is -0.469. The minimum atomic E-state index is -0.880. The van der Waals surface area contributed by atoms with Crippen LogP contribution in [0.4, 0.5) is 9.59 Å². The SMILES string of the molecule is NC(=O)NN1CC(=O)NC1=O. The number of nitrogens with one attached hydrogen (secondary N) is 2. The van der Waals surface area contributed by atoms with Crippen LogP contribution in [0, 0.1) is 0 Å². The summed E-state index contributed by atoms with van der Waals surface area (Å²) in [4.78, 5) is 31.3. The van der Waals surface area contributed by atoms with E-state index < -0.39 is 18.0 Å². The van der Waals surface area contributed by atoms with Crippen molar-refractivity contribution in [1.82, 2.24) is 15.8 Å². The summed E-state index contributed by atoms with van der Waals surface area (Å²) in [6.07, 6.45) is 0. The number of rotatable bonds is 1. The minimum absolute atomic E-state index is 0.193. The maximum Gasteiger partial charge on any atom is 0.343 e. The quantitative estimate of drug-likeness (QED) is 0.389. The highest BCUT2D eigenvalue weighted by Gasteiger charge is 2.27. The van der Waals surface area contributed by atoms with Crippen LogP contribution >= 0.6 is 0 Å². The van der Waals surface area contributed by atoms with E-state index in [1.165, 1.54) is 0 Å². The second-order valence-electron chi connectivity index (χ2n) is 1.92. The highest BCUT2D eigenvalue weighted by atomic mass is 16.2. The maximum atomic E-state index is 10.6. The normalized spacial score (nSPS) is 16.5. The molecule has 0 bridgehead atoms. The van der Waals surface area contributed by atoms with Crippen LogP contribution in [-0.2, 0) is 4.79 Å². The first-order valence-corrected chi connectivity index (χ1v) is 2.77. The maximum absolute atomic E-state index is 10.6. The number of primary amides is 1. The van der Waals surface area contributed by atoms with E-state index in [0.717, 1.165) is 5.01 Å². The van der Waals surface area contributed by atoms with Crippen LogP contribution in [0.5, 0.6) is 0 Å². The third-order valence-electron chi connectivity index (χ3n) is 1.04. The van der Waals surface area contributed by atoms with Crippen LogP contribution in [0.3, 0.4) is 0 Å². The number of carbonyl (C=O) groups excluding carboxylic acids is 3. The minimum Gasteiger partial charge on any atom is -0.350 e. The molecule has 1 saturated heterocycles. The van der Waals surface area contributed by atoms with Crippen molar-refractivity contribution in [2.24, 2.45) is 5.73 Å². The summed E-state index contributed by atoms with van der Waals surface area (Å²) in [6, 6.07) is -1.55. The molecular formula is C4H6N4O3. The van der Waals surface area contributed by atoms with E-state index in [4.69, 9.17) is 5.73 Å². The second kappa shape index (κ2) is 2.45. The number of amides is 5. The van der Waals surface area contributed by atoms with Crippen molar-refractivity contribution < 1.29 is 14.4 Å². The molecule has 5 amide bonds. The molecule has 0 saturated carbocycles. The Balaban J connectivity index is 2.53. The smallest absolute Gasteiger partial charge is 0.343 e. The van der Waals surface area contributed by atoms with E-state index in [1.54, 1.807) is 0 Å². The Kier molecular flexibility index (Phi) is 1.63. The van der Waals surface area contributed by atoms with Gasteiger partial charge in [-0.2, -0.15) is 0 Å². The van der Waals surface area contributed by atoms with Crippen molar-refractivity contribution in [3.63, 3.8) is 0 Å². The average molecular weight is 158 g/mol. The predicted molar refractivity (Wildman–Crippen MR) is 33.0 cm³/mol. The van der Waals surface area contributed by atoms with Gasteiger partial charge < -0.3 is 5.73 Å². The Morgan fingerprint density at radius 3 is 2.64 bits per heavy atom. The third kappa shape index (κ3) is 1.57. The van der Waals surface area contributed by atoms with Gasteiger partial charge in [0.25, 0.3) is 0 Å². The van der Waals surface area contributed by atoms with Crippen LogP contribution in [0.1, 0.15) is 0 Å². The van der Waals surface area contributed by atoms with Gasteiger partial charge in [0.1, 0.15) is 6.54 Å². The zero-order valence-corrected chi connectivity index (χ0v) is 5.46. The molecule has 1 rings (SSSR count). The molecule has 11 heavy (non-hydrogen) atoms. The topological polar surface area (TPSA) is 105 Å². The molecule has 0 aromatic carbocycles. The van der Waals surface area contributed by atoms with Gasteiger partial charge in [0, 0.05) is 0 Å². The van der Waals surface area contributed by atoms with Crippen molar-refractivity contribution in [1.29, 1.82) is 0 Å². The monoisotopic (exact) mass is 158 g/mol. The highest BCUT2D eigenvalue weighted by Crippen LogP contribution is 1.91. The van der Waals surface area contributed by atoms with Gasteiger partial charge in [-0.25, -0.2) is 20.0 Å². The first-order valence-electron chi connectivity index (χ1n) is 2.77. The Bertz CT molecular complexity index is 225. The number of nitrogens with two attached hydrogens (primary N) is 1. The van der Waals surface area contributed by atoms with E-state index in [0.29, 0.717) is 0 Å². The lowest BCUT2D eigenvalue weighted by Gasteiger charge is -2.11. The molecule has 1 fully saturated rings. The number of nitrogens with zero attached hydrogens (tertiary/aromatic N) is 1. The second-order valence-corrected chi connectivity index (χ2v) is 1.92. The lowest BCUT2D eigenvalue weighted by Crippen LogP contribution is -2.46. The van der Waals surface area contributed by atoms with Gasteiger partial charge >= 0.3 is 12.1 Å². The first kappa shape index (κ1) is 7.32. The summed E-state index contributed by atoms with van der Waals surface area (Å²) in [5, 5.41) is 2.75. The number of carbonyl (C=O) groups is 3. The number of imide groups is 1. The van der Waals surface area contributed by atoms with Crippen LogP contribution in [0.2, 0.25) is 0 Å². The van der Waals surface area contributed by atoms with Crippen LogP contribution < -0.4 is 16.5 Å². The summed E-state index contributed by atoms with van der Waals surface area (Å²) < 4.78 is 0. The molecule has 7 heteroatoms. The molecule has 1 aliphatic heterocycles. The van der Waals surface area contributed by atoms with E-state index in [-0.39, 0.29) is 6.54 Å². The molecule has 0 atom stereocenters. The molecule has 1 aliphatic rings. The van der Waals surface area contributed by atoms with Crippen molar-refractivity contribution >= 4 is 18.0 Å². The van der Waals surface area contributed by atoms with Gasteiger partial charge in [0.2, 0.25) is 5.91 Å². The third-order valence-corrected chi connectivity index (χ3v) is 1.04. The van der Waals surface area contributed by atoms with Crippen LogP contribution in [0.15, 0.2) is 0 Å². The Labute approximate surface area is 61.5 Å². The Hall–Kier alpha value is -1.79. The van der Waals surface area contributed by atoms with Gasteiger partial charge in [-0.3, -0.25) is 10.1 Å². The van der Waals surface area contributed by atoms with E-state index >= 15 is 0 Å². The van der Waals surface area contributed by atoms with E-state index in [1.807, 2.05) is 10.7 Å². The standard InChI is InChI=1S/C4H6N4O3/c5-3(10)7-8-1-2(9)6-4(8)11/h1H2,(H3,5,7,10)(H,6,9,11). The van der Waals surface area contributed by atoms with Gasteiger partial charge in [0.15, 0.2) is 0 Å². The van der Waals surface area contributed by atoms with E-state index in [9.17, 15) is 14.4 Å². The summed E-state index contributed by atoms with van der Waals surface area (Å²) >= 11 is 0. The Morgan fingerprint density at radius 2 is 2.27 bits per heavy atom. The first-order chi connectivity index (χ1) is 5.09. The molecule has 0 aromatic heterocycles. The predicted octanol–water partition coefficient (Wildman–Crippen LogP) is -1.88. The van der Waals surface area contributed by atoms with Crippen LogP contribution in [0.25, 0.3) is 0 Å². The molecule has 60 valence electrons. The molecule has 0 aromatic rings. The molecule has 7 nitrogen and oxygen atoms in total. The summed E-state index contributed by atoms with van der Waals surface area (Å²) in [5.41, 5.74) is 6.66. The van der Waals surface area contributed by atoms with Crippen molar-refractivity contribution in [2.75, 3.05) is 6.54 Å². The van der Waals surface area contributed by atoms with Crippen molar-refractivity contribution in [3.8, 4) is 0 Å². The summed E-state index contributed by atoms with van der Waals surface area (Å²) in [7, 11) is 0. The van der Waals surface area contributed by atoms with Crippen molar-refractivity contribution in [2.45, 2.75) is 0 Å². The molecule has 0 unspecified atom stereocenters. The van der Waals surface area contributed by atoms with E-state index in [2.05, 4.69) is 0 Å². The average Bonchev–Trinajstić information content (AvgIpc) is 2.09.